The predicted octanol–water partition coefficient (Wildman–Crippen LogP) is 1.60. The topological polar surface area (TPSA) is 95.7 Å². The molecule has 7 nitrogen and oxygen atoms in total. The van der Waals surface area contributed by atoms with Gasteiger partial charge in [0, 0.05) is 10.6 Å². The van der Waals surface area contributed by atoms with Gasteiger partial charge in [-0.15, -0.1) is 11.3 Å². The van der Waals surface area contributed by atoms with Crippen LogP contribution in [0.1, 0.15) is 28.8 Å². The number of quaternary nitrogens is 1. The number of hydrogen-bond acceptors (Lipinski definition) is 5. The summed E-state index contributed by atoms with van der Waals surface area (Å²) < 4.78 is 5.09. The van der Waals surface area contributed by atoms with E-state index in [4.69, 9.17) is 4.74 Å². The maximum Gasteiger partial charge on any atom is 0.280 e. The number of anilines is 2. The van der Waals surface area contributed by atoms with Gasteiger partial charge in [0.2, 0.25) is 0 Å². The van der Waals surface area contributed by atoms with E-state index in [0.717, 1.165) is 41.9 Å². The van der Waals surface area contributed by atoms with Gasteiger partial charge >= 0.3 is 0 Å². The first kappa shape index (κ1) is 20.8. The largest absolute Gasteiger partial charge is 0.497 e. The molecule has 1 atom stereocenters. The fraction of sp³-hybridized carbons (Fsp3) is 0.381. The molecule has 1 aromatic heterocycles. The first-order valence-corrected chi connectivity index (χ1v) is 10.4. The Morgan fingerprint density at radius 2 is 1.79 bits per heavy atom. The third kappa shape index (κ3) is 5.34. The standard InChI is InChI=1S/C21H24N4O3S/c1-25(12-19(26)23-14-7-9-15(28-2)10-8-14)13-20(27)24-21-17(11-22)16-5-3-4-6-18(16)29-21/h7-10H,3-6,12-13H2,1-2H3,(H,23,26)(H,24,27)/p+1. The van der Waals surface area contributed by atoms with E-state index in [1.54, 1.807) is 38.4 Å². The smallest absolute Gasteiger partial charge is 0.280 e. The summed E-state index contributed by atoms with van der Waals surface area (Å²) in [5, 5.41) is 15.8. The van der Waals surface area contributed by atoms with Crippen LogP contribution in [0.3, 0.4) is 0 Å². The lowest BCUT2D eigenvalue weighted by Gasteiger charge is -2.13. The molecule has 0 saturated carbocycles. The van der Waals surface area contributed by atoms with Crippen molar-refractivity contribution >= 4 is 33.8 Å². The summed E-state index contributed by atoms with van der Waals surface area (Å²) in [6.07, 6.45) is 4.09. The number of methoxy groups -OCH3 is 1. The number of nitrogens with zero attached hydrogens (tertiary/aromatic N) is 1. The van der Waals surface area contributed by atoms with Gasteiger partial charge in [0.15, 0.2) is 13.1 Å². The number of nitrogens with one attached hydrogen (secondary N) is 3. The van der Waals surface area contributed by atoms with Crippen LogP contribution in [0, 0.1) is 11.3 Å². The van der Waals surface area contributed by atoms with Gasteiger partial charge in [-0.1, -0.05) is 0 Å². The molecule has 0 bridgehead atoms. The van der Waals surface area contributed by atoms with Gasteiger partial charge in [0.05, 0.1) is 19.7 Å². The number of ether oxygens (including phenoxy) is 1. The van der Waals surface area contributed by atoms with E-state index in [-0.39, 0.29) is 24.9 Å². The molecule has 1 aromatic carbocycles. The number of aryl methyl sites for hydroxylation is 1. The first-order chi connectivity index (χ1) is 14.0. The molecular formula is C21H25N4O3S+. The van der Waals surface area contributed by atoms with Gasteiger partial charge in [-0.05, 0) is 55.5 Å². The summed E-state index contributed by atoms with van der Waals surface area (Å²) in [4.78, 5) is 26.6. The number of nitriles is 1. The lowest BCUT2D eigenvalue weighted by atomic mass is 9.96. The second-order valence-electron chi connectivity index (χ2n) is 7.16. The van der Waals surface area contributed by atoms with Gasteiger partial charge in [0.25, 0.3) is 11.8 Å². The van der Waals surface area contributed by atoms with Crippen molar-refractivity contribution in [1.29, 1.82) is 5.26 Å². The Kier molecular flexibility index (Phi) is 6.86. The van der Waals surface area contributed by atoms with E-state index in [0.29, 0.717) is 16.3 Å². The zero-order valence-corrected chi connectivity index (χ0v) is 17.4. The van der Waals surface area contributed by atoms with E-state index in [9.17, 15) is 14.9 Å². The Balaban J connectivity index is 1.52. The second kappa shape index (κ2) is 9.54. The molecule has 1 aliphatic carbocycles. The number of amides is 2. The maximum absolute atomic E-state index is 12.4. The molecule has 8 heteroatoms. The Bertz CT molecular complexity index is 931. The Hall–Kier alpha value is -2.89. The number of fused-ring (bicyclic) bond motifs is 1. The molecule has 0 radical (unpaired) electrons. The SMILES string of the molecule is COc1ccc(NC(=O)C[NH+](C)CC(=O)Nc2sc3c(c2C#N)CCCC3)cc1. The van der Waals surface area contributed by atoms with E-state index < -0.39 is 0 Å². The van der Waals surface area contributed by atoms with Crippen molar-refractivity contribution in [2.45, 2.75) is 25.7 Å². The first-order valence-electron chi connectivity index (χ1n) is 9.60. The van der Waals surface area contributed by atoms with Crippen LogP contribution >= 0.6 is 11.3 Å². The fourth-order valence-electron chi connectivity index (χ4n) is 3.43. The second-order valence-corrected chi connectivity index (χ2v) is 8.27. The average Bonchev–Trinajstić information content (AvgIpc) is 3.04. The highest BCUT2D eigenvalue weighted by Gasteiger charge is 2.23. The number of benzene rings is 1. The number of thiophene rings is 1. The summed E-state index contributed by atoms with van der Waals surface area (Å²) in [5.74, 6) is 0.342. The lowest BCUT2D eigenvalue weighted by molar-refractivity contribution is -0.862. The van der Waals surface area contributed by atoms with Crippen LogP contribution in [-0.2, 0) is 22.4 Å². The minimum Gasteiger partial charge on any atom is -0.497 e. The van der Waals surface area contributed by atoms with Crippen molar-refractivity contribution in [2.75, 3.05) is 37.9 Å². The fourth-order valence-corrected chi connectivity index (χ4v) is 4.69. The minimum absolute atomic E-state index is 0.142. The highest BCUT2D eigenvalue weighted by molar-refractivity contribution is 7.16. The molecule has 3 rings (SSSR count). The summed E-state index contributed by atoms with van der Waals surface area (Å²) in [6.45, 7) is 0.301. The van der Waals surface area contributed by atoms with Crippen molar-refractivity contribution in [1.82, 2.24) is 0 Å². The van der Waals surface area contributed by atoms with Crippen molar-refractivity contribution < 1.29 is 19.2 Å². The molecule has 29 heavy (non-hydrogen) atoms. The molecule has 2 aromatic rings. The Morgan fingerprint density at radius 1 is 1.14 bits per heavy atom. The number of carbonyl (C=O) groups excluding carboxylic acids is 2. The molecule has 2 amide bonds. The molecule has 1 heterocycles. The van der Waals surface area contributed by atoms with Crippen LogP contribution in [0.2, 0.25) is 0 Å². The van der Waals surface area contributed by atoms with Crippen LogP contribution in [0.25, 0.3) is 0 Å². The molecule has 152 valence electrons. The monoisotopic (exact) mass is 413 g/mol. The zero-order valence-electron chi connectivity index (χ0n) is 16.6. The molecule has 0 fully saturated rings. The van der Waals surface area contributed by atoms with E-state index >= 15 is 0 Å². The quantitative estimate of drug-likeness (QED) is 0.643. The molecule has 0 saturated heterocycles. The van der Waals surface area contributed by atoms with Gasteiger partial charge < -0.3 is 20.3 Å². The van der Waals surface area contributed by atoms with Crippen molar-refractivity contribution in [3.8, 4) is 11.8 Å². The molecule has 1 unspecified atom stereocenters. The third-order valence-electron chi connectivity index (χ3n) is 4.83. The molecule has 1 aliphatic rings. The molecular weight excluding hydrogens is 388 g/mol. The zero-order chi connectivity index (χ0) is 20.8. The highest BCUT2D eigenvalue weighted by atomic mass is 32.1. The number of rotatable bonds is 7. The summed E-state index contributed by atoms with van der Waals surface area (Å²) in [5.41, 5.74) is 2.38. The third-order valence-corrected chi connectivity index (χ3v) is 6.04. The number of likely N-dealkylation sites (N-methyl/N-ethyl adjacent to an activating group) is 1. The maximum atomic E-state index is 12.4. The molecule has 0 aliphatic heterocycles. The minimum atomic E-state index is -0.199. The van der Waals surface area contributed by atoms with Crippen LogP contribution < -0.4 is 20.3 Å². The molecule has 0 spiro atoms. The lowest BCUT2D eigenvalue weighted by Crippen LogP contribution is -3.11. The highest BCUT2D eigenvalue weighted by Crippen LogP contribution is 2.37. The van der Waals surface area contributed by atoms with Gasteiger partial charge in [-0.25, -0.2) is 0 Å². The van der Waals surface area contributed by atoms with Crippen molar-refractivity contribution in [3.05, 3.63) is 40.3 Å². The summed E-state index contributed by atoms with van der Waals surface area (Å²) in [6, 6.07) is 9.32. The predicted molar refractivity (Wildman–Crippen MR) is 113 cm³/mol. The number of hydrogen-bond donors (Lipinski definition) is 3. The van der Waals surface area contributed by atoms with Crippen LogP contribution in [0.15, 0.2) is 24.3 Å². The van der Waals surface area contributed by atoms with E-state index in [2.05, 4.69) is 16.7 Å². The van der Waals surface area contributed by atoms with Gasteiger partial charge in [-0.3, -0.25) is 9.59 Å². The normalized spacial score (nSPS) is 13.7. The number of carbonyl (C=O) groups is 2. The van der Waals surface area contributed by atoms with Crippen molar-refractivity contribution in [3.63, 3.8) is 0 Å². The van der Waals surface area contributed by atoms with Crippen LogP contribution in [0.4, 0.5) is 10.7 Å². The molecule has 3 N–H and O–H groups in total. The van der Waals surface area contributed by atoms with Crippen LogP contribution in [-0.4, -0.2) is 39.1 Å². The van der Waals surface area contributed by atoms with E-state index in [1.807, 2.05) is 0 Å². The Labute approximate surface area is 174 Å². The average molecular weight is 414 g/mol. The Morgan fingerprint density at radius 3 is 2.45 bits per heavy atom. The van der Waals surface area contributed by atoms with Crippen molar-refractivity contribution in [2.24, 2.45) is 0 Å². The van der Waals surface area contributed by atoms with Crippen LogP contribution in [0.5, 0.6) is 5.75 Å². The summed E-state index contributed by atoms with van der Waals surface area (Å²) in [7, 11) is 3.37. The van der Waals surface area contributed by atoms with Gasteiger partial charge in [-0.2, -0.15) is 5.26 Å². The summed E-state index contributed by atoms with van der Waals surface area (Å²) >= 11 is 1.51. The van der Waals surface area contributed by atoms with E-state index in [1.165, 1.54) is 16.2 Å². The van der Waals surface area contributed by atoms with Gasteiger partial charge in [0.1, 0.15) is 16.8 Å².